The first-order chi connectivity index (χ1) is 11.5. The van der Waals surface area contributed by atoms with E-state index in [0.717, 1.165) is 36.4 Å². The van der Waals surface area contributed by atoms with Gasteiger partial charge in [-0.05, 0) is 23.8 Å². The lowest BCUT2D eigenvalue weighted by atomic mass is 10.1. The van der Waals surface area contributed by atoms with Crippen molar-refractivity contribution in [1.29, 1.82) is 0 Å². The molecule has 0 saturated heterocycles. The molecule has 25 heavy (non-hydrogen) atoms. The molecule has 2 rings (SSSR count). The molecule has 0 radical (unpaired) electrons. The van der Waals surface area contributed by atoms with E-state index in [1.807, 2.05) is 0 Å². The normalized spacial score (nSPS) is 12.2. The Hall–Kier alpha value is -2.17. The van der Waals surface area contributed by atoms with Gasteiger partial charge in [-0.15, -0.1) is 0 Å². The molecule has 0 aliphatic carbocycles. The summed E-state index contributed by atoms with van der Waals surface area (Å²) in [6.45, 7) is -0.414. The van der Waals surface area contributed by atoms with Gasteiger partial charge in [0.05, 0.1) is 15.4 Å². The molecule has 11 heteroatoms. The van der Waals surface area contributed by atoms with Gasteiger partial charge in [-0.25, -0.2) is 13.1 Å². The fraction of sp³-hybridized carbons (Fsp3) is 0.143. The van der Waals surface area contributed by atoms with Crippen molar-refractivity contribution in [1.82, 2.24) is 4.72 Å². The van der Waals surface area contributed by atoms with Gasteiger partial charge in [-0.3, -0.25) is 10.1 Å². The summed E-state index contributed by atoms with van der Waals surface area (Å²) in [5.74, 6) is 0. The third kappa shape index (κ3) is 4.68. The molecule has 0 heterocycles. The molecule has 0 aromatic heterocycles. The van der Waals surface area contributed by atoms with Crippen molar-refractivity contribution in [3.05, 3.63) is 68.7 Å². The average Bonchev–Trinajstić information content (AvgIpc) is 2.52. The van der Waals surface area contributed by atoms with Gasteiger partial charge in [-0.2, -0.15) is 13.2 Å². The minimum absolute atomic E-state index is 0.0851. The van der Waals surface area contributed by atoms with Crippen LogP contribution in [0.3, 0.4) is 0 Å². The standard InChI is InChI=1S/C14H10ClF3N2O4S/c15-12-5-4-11(7-13(12)20(21)22)25(23,24)19-8-9-2-1-3-10(6-9)14(16,17)18/h1-7,19H,8H2. The van der Waals surface area contributed by atoms with Crippen LogP contribution in [0.15, 0.2) is 47.4 Å². The Morgan fingerprint density at radius 1 is 1.16 bits per heavy atom. The summed E-state index contributed by atoms with van der Waals surface area (Å²) in [7, 11) is -4.17. The first-order valence-corrected chi connectivity index (χ1v) is 8.46. The zero-order chi connectivity index (χ0) is 18.8. The Bertz CT molecular complexity index is 917. The molecule has 0 unspecified atom stereocenters. The SMILES string of the molecule is O=[N+]([O-])c1cc(S(=O)(=O)NCc2cccc(C(F)(F)F)c2)ccc1Cl. The maximum atomic E-state index is 12.6. The Labute approximate surface area is 145 Å². The number of sulfonamides is 1. The fourth-order valence-electron chi connectivity index (χ4n) is 1.92. The zero-order valence-corrected chi connectivity index (χ0v) is 13.8. The van der Waals surface area contributed by atoms with Crippen molar-refractivity contribution in [3.8, 4) is 0 Å². The van der Waals surface area contributed by atoms with Crippen LogP contribution in [0.4, 0.5) is 18.9 Å². The molecule has 0 amide bonds. The number of rotatable bonds is 5. The van der Waals surface area contributed by atoms with Crippen LogP contribution in [0.2, 0.25) is 5.02 Å². The zero-order valence-electron chi connectivity index (χ0n) is 12.2. The van der Waals surface area contributed by atoms with E-state index < -0.39 is 43.8 Å². The van der Waals surface area contributed by atoms with Crippen molar-refractivity contribution in [3.63, 3.8) is 0 Å². The number of nitrogens with one attached hydrogen (secondary N) is 1. The predicted octanol–water partition coefficient (Wildman–Crippen LogP) is 3.75. The highest BCUT2D eigenvalue weighted by Gasteiger charge is 2.30. The average molecular weight is 395 g/mol. The number of benzene rings is 2. The molecule has 0 aliphatic heterocycles. The lowest BCUT2D eigenvalue weighted by Crippen LogP contribution is -2.23. The third-order valence-corrected chi connectivity index (χ3v) is 4.86. The molecular weight excluding hydrogens is 385 g/mol. The maximum Gasteiger partial charge on any atom is 0.416 e. The number of hydrogen-bond donors (Lipinski definition) is 1. The van der Waals surface area contributed by atoms with Gasteiger partial charge >= 0.3 is 6.18 Å². The monoisotopic (exact) mass is 394 g/mol. The molecule has 1 N–H and O–H groups in total. The Balaban J connectivity index is 2.23. The first kappa shape index (κ1) is 19.2. The van der Waals surface area contributed by atoms with E-state index in [-0.39, 0.29) is 10.6 Å². The highest BCUT2D eigenvalue weighted by Crippen LogP contribution is 2.30. The van der Waals surface area contributed by atoms with Crippen LogP contribution in [-0.4, -0.2) is 13.3 Å². The molecule has 2 aromatic rings. The van der Waals surface area contributed by atoms with E-state index in [2.05, 4.69) is 4.72 Å². The van der Waals surface area contributed by atoms with E-state index in [1.54, 1.807) is 0 Å². The van der Waals surface area contributed by atoms with Crippen molar-refractivity contribution < 1.29 is 26.5 Å². The van der Waals surface area contributed by atoms with Gasteiger partial charge < -0.3 is 0 Å². The smallest absolute Gasteiger partial charge is 0.258 e. The number of hydrogen-bond acceptors (Lipinski definition) is 4. The number of halogens is 4. The molecule has 0 bridgehead atoms. The second-order valence-electron chi connectivity index (χ2n) is 4.89. The minimum Gasteiger partial charge on any atom is -0.258 e. The topological polar surface area (TPSA) is 89.3 Å². The Morgan fingerprint density at radius 2 is 1.84 bits per heavy atom. The van der Waals surface area contributed by atoms with Gasteiger partial charge in [0.25, 0.3) is 5.69 Å². The summed E-state index contributed by atoms with van der Waals surface area (Å²) in [5, 5.41) is 10.6. The van der Waals surface area contributed by atoms with Crippen LogP contribution in [-0.2, 0) is 22.7 Å². The highest BCUT2D eigenvalue weighted by atomic mass is 35.5. The molecule has 0 aliphatic rings. The van der Waals surface area contributed by atoms with Crippen LogP contribution < -0.4 is 4.72 Å². The fourth-order valence-corrected chi connectivity index (χ4v) is 3.14. The number of nitro groups is 1. The first-order valence-electron chi connectivity index (χ1n) is 6.60. The van der Waals surface area contributed by atoms with Crippen molar-refractivity contribution >= 4 is 27.3 Å². The molecule has 2 aromatic carbocycles. The van der Waals surface area contributed by atoms with Crippen molar-refractivity contribution in [2.24, 2.45) is 0 Å². The molecule has 0 atom stereocenters. The van der Waals surface area contributed by atoms with Crippen LogP contribution in [0, 0.1) is 10.1 Å². The lowest BCUT2D eigenvalue weighted by molar-refractivity contribution is -0.384. The molecule has 6 nitrogen and oxygen atoms in total. The number of nitro benzene ring substituents is 1. The Morgan fingerprint density at radius 3 is 2.44 bits per heavy atom. The maximum absolute atomic E-state index is 12.6. The molecule has 134 valence electrons. The second kappa shape index (κ2) is 6.98. The largest absolute Gasteiger partial charge is 0.416 e. The van der Waals surface area contributed by atoms with E-state index in [4.69, 9.17) is 11.6 Å². The molecular formula is C14H10ClF3N2O4S. The van der Waals surface area contributed by atoms with E-state index >= 15 is 0 Å². The summed E-state index contributed by atoms with van der Waals surface area (Å²) in [6, 6.07) is 7.04. The van der Waals surface area contributed by atoms with Crippen LogP contribution in [0.1, 0.15) is 11.1 Å². The summed E-state index contributed by atoms with van der Waals surface area (Å²) in [4.78, 5) is 9.55. The van der Waals surface area contributed by atoms with Crippen molar-refractivity contribution in [2.45, 2.75) is 17.6 Å². The van der Waals surface area contributed by atoms with Crippen LogP contribution >= 0.6 is 11.6 Å². The molecule has 0 spiro atoms. The van der Waals surface area contributed by atoms with Crippen molar-refractivity contribution in [2.75, 3.05) is 0 Å². The number of alkyl halides is 3. The lowest BCUT2D eigenvalue weighted by Gasteiger charge is -2.10. The van der Waals surface area contributed by atoms with E-state index in [9.17, 15) is 31.7 Å². The third-order valence-electron chi connectivity index (χ3n) is 3.15. The second-order valence-corrected chi connectivity index (χ2v) is 7.07. The summed E-state index contributed by atoms with van der Waals surface area (Å²) in [6.07, 6.45) is -4.55. The van der Waals surface area contributed by atoms with Gasteiger partial charge in [0.15, 0.2) is 0 Å². The molecule has 0 fully saturated rings. The highest BCUT2D eigenvalue weighted by molar-refractivity contribution is 7.89. The van der Waals surface area contributed by atoms with E-state index in [0.29, 0.717) is 0 Å². The van der Waals surface area contributed by atoms with Gasteiger partial charge in [0.1, 0.15) is 5.02 Å². The summed E-state index contributed by atoms with van der Waals surface area (Å²) in [5.41, 5.74) is -1.42. The summed E-state index contributed by atoms with van der Waals surface area (Å²) >= 11 is 5.61. The predicted molar refractivity (Wildman–Crippen MR) is 83.6 cm³/mol. The summed E-state index contributed by atoms with van der Waals surface area (Å²) < 4.78 is 64.4. The van der Waals surface area contributed by atoms with Gasteiger partial charge in [-0.1, -0.05) is 29.8 Å². The molecule has 0 saturated carbocycles. The van der Waals surface area contributed by atoms with Crippen LogP contribution in [0.5, 0.6) is 0 Å². The quantitative estimate of drug-likeness (QED) is 0.618. The minimum atomic E-state index is -4.55. The van der Waals surface area contributed by atoms with Gasteiger partial charge in [0, 0.05) is 12.6 Å². The Kier molecular flexibility index (Phi) is 5.35. The van der Waals surface area contributed by atoms with Gasteiger partial charge in [0.2, 0.25) is 10.0 Å². The van der Waals surface area contributed by atoms with E-state index in [1.165, 1.54) is 6.07 Å². The van der Waals surface area contributed by atoms with Crippen LogP contribution in [0.25, 0.3) is 0 Å². The number of nitrogens with zero attached hydrogens (tertiary/aromatic N) is 1.